The van der Waals surface area contributed by atoms with Crippen LogP contribution in [0.3, 0.4) is 0 Å². The van der Waals surface area contributed by atoms with Crippen molar-refractivity contribution < 1.29 is 9.13 Å². The van der Waals surface area contributed by atoms with Crippen molar-refractivity contribution in [3.8, 4) is 17.0 Å². The number of ether oxygens (including phenoxy) is 1. The van der Waals surface area contributed by atoms with Crippen molar-refractivity contribution in [3.05, 3.63) is 77.6 Å². The predicted octanol–water partition coefficient (Wildman–Crippen LogP) is 4.15. The van der Waals surface area contributed by atoms with Gasteiger partial charge in [-0.05, 0) is 49.7 Å². The summed E-state index contributed by atoms with van der Waals surface area (Å²) in [6.07, 6.45) is 7.68. The molecule has 0 amide bonds. The number of nitrogen functional groups attached to an aromatic ring is 1. The van der Waals surface area contributed by atoms with Gasteiger partial charge in [-0.2, -0.15) is 10.2 Å². The third-order valence-electron chi connectivity index (χ3n) is 5.12. The van der Waals surface area contributed by atoms with E-state index >= 15 is 0 Å². The number of nitrogens with zero attached hydrogens (tertiary/aromatic N) is 5. The van der Waals surface area contributed by atoms with E-state index in [1.54, 1.807) is 29.1 Å². The molecule has 0 saturated heterocycles. The molecular formula is C23H25FN6O. The van der Waals surface area contributed by atoms with Crippen molar-refractivity contribution in [2.24, 2.45) is 7.05 Å². The van der Waals surface area contributed by atoms with Gasteiger partial charge in [0.05, 0.1) is 11.9 Å². The van der Waals surface area contributed by atoms with Crippen molar-refractivity contribution in [2.75, 3.05) is 5.73 Å². The molecule has 0 aliphatic heterocycles. The van der Waals surface area contributed by atoms with Crippen LogP contribution in [-0.2, 0) is 20.0 Å². The highest BCUT2D eigenvalue weighted by Crippen LogP contribution is 2.34. The fourth-order valence-electron chi connectivity index (χ4n) is 3.63. The lowest BCUT2D eigenvalue weighted by Gasteiger charge is -2.19. The second-order valence-electron chi connectivity index (χ2n) is 7.44. The highest BCUT2D eigenvalue weighted by Gasteiger charge is 2.20. The number of rotatable bonds is 7. The molecule has 31 heavy (non-hydrogen) atoms. The largest absolute Gasteiger partial charge is 0.482 e. The summed E-state index contributed by atoms with van der Waals surface area (Å²) in [6.45, 7) is 4.72. The van der Waals surface area contributed by atoms with Crippen LogP contribution in [0.4, 0.5) is 10.2 Å². The standard InChI is InChI=1S/C23H25FN6O/c1-4-30-13-16(12-27-30)10-17-14-29(3)28-22(17)19-8-7-18(24)11-20(19)15(2)31-21-6-5-9-26-23(21)25/h5-9,11-15H,4,10H2,1-3H3,(H2,25,26)/t15-/m1/s1. The molecule has 0 aliphatic rings. The van der Waals surface area contributed by atoms with E-state index in [-0.39, 0.29) is 5.82 Å². The number of hydrogen-bond acceptors (Lipinski definition) is 5. The Kier molecular flexibility index (Phi) is 5.70. The maximum Gasteiger partial charge on any atom is 0.166 e. The molecule has 0 saturated carbocycles. The molecule has 4 aromatic rings. The summed E-state index contributed by atoms with van der Waals surface area (Å²) in [5, 5.41) is 9.03. The van der Waals surface area contributed by atoms with Gasteiger partial charge in [-0.1, -0.05) is 0 Å². The average molecular weight is 420 g/mol. The lowest BCUT2D eigenvalue weighted by Crippen LogP contribution is -2.08. The number of nitrogens with two attached hydrogens (primary N) is 1. The average Bonchev–Trinajstić information content (AvgIpc) is 3.36. The van der Waals surface area contributed by atoms with Crippen LogP contribution in [0.2, 0.25) is 0 Å². The van der Waals surface area contributed by atoms with Crippen molar-refractivity contribution >= 4 is 5.82 Å². The third kappa shape index (κ3) is 4.42. The minimum atomic E-state index is -0.463. The molecule has 0 unspecified atom stereocenters. The molecule has 2 N–H and O–H groups in total. The van der Waals surface area contributed by atoms with Gasteiger partial charge in [-0.3, -0.25) is 9.36 Å². The first-order chi connectivity index (χ1) is 14.9. The van der Waals surface area contributed by atoms with Crippen LogP contribution in [0.5, 0.6) is 5.75 Å². The maximum absolute atomic E-state index is 14.2. The quantitative estimate of drug-likeness (QED) is 0.486. The Labute approximate surface area is 180 Å². The minimum Gasteiger partial charge on any atom is -0.482 e. The highest BCUT2D eigenvalue weighted by atomic mass is 19.1. The van der Waals surface area contributed by atoms with E-state index in [0.29, 0.717) is 23.6 Å². The summed E-state index contributed by atoms with van der Waals surface area (Å²) in [4.78, 5) is 4.05. The van der Waals surface area contributed by atoms with Crippen molar-refractivity contribution in [3.63, 3.8) is 0 Å². The fraction of sp³-hybridized carbons (Fsp3) is 0.261. The van der Waals surface area contributed by atoms with Crippen molar-refractivity contribution in [1.29, 1.82) is 0 Å². The zero-order chi connectivity index (χ0) is 22.0. The number of halogens is 1. The van der Waals surface area contributed by atoms with E-state index in [1.807, 2.05) is 44.2 Å². The minimum absolute atomic E-state index is 0.291. The summed E-state index contributed by atoms with van der Waals surface area (Å²) in [6, 6.07) is 8.17. The summed E-state index contributed by atoms with van der Waals surface area (Å²) in [5.41, 5.74) is 10.3. The van der Waals surface area contributed by atoms with Gasteiger partial charge in [-0.15, -0.1) is 0 Å². The van der Waals surface area contributed by atoms with Gasteiger partial charge in [0.25, 0.3) is 0 Å². The lowest BCUT2D eigenvalue weighted by molar-refractivity contribution is 0.227. The van der Waals surface area contributed by atoms with Crippen LogP contribution in [0.25, 0.3) is 11.3 Å². The first-order valence-corrected chi connectivity index (χ1v) is 10.2. The highest BCUT2D eigenvalue weighted by molar-refractivity contribution is 5.68. The van der Waals surface area contributed by atoms with Crippen LogP contribution >= 0.6 is 0 Å². The Morgan fingerprint density at radius 3 is 2.81 bits per heavy atom. The number of hydrogen-bond donors (Lipinski definition) is 1. The van der Waals surface area contributed by atoms with E-state index < -0.39 is 6.10 Å². The summed E-state index contributed by atoms with van der Waals surface area (Å²) in [5.74, 6) is 0.410. The number of anilines is 1. The summed E-state index contributed by atoms with van der Waals surface area (Å²) in [7, 11) is 1.88. The van der Waals surface area contributed by atoms with Crippen molar-refractivity contribution in [2.45, 2.75) is 32.9 Å². The second kappa shape index (κ2) is 8.59. The normalized spacial score (nSPS) is 12.1. The van der Waals surface area contributed by atoms with Crippen LogP contribution in [0, 0.1) is 5.82 Å². The molecule has 0 fully saturated rings. The molecule has 1 aromatic carbocycles. The van der Waals surface area contributed by atoms with Gasteiger partial charge >= 0.3 is 0 Å². The Hall–Kier alpha value is -3.68. The number of benzene rings is 1. The molecule has 0 aliphatic carbocycles. The molecule has 7 nitrogen and oxygen atoms in total. The van der Waals surface area contributed by atoms with E-state index in [4.69, 9.17) is 10.5 Å². The van der Waals surface area contributed by atoms with Crippen molar-refractivity contribution in [1.82, 2.24) is 24.5 Å². The Bertz CT molecular complexity index is 1200. The molecule has 4 rings (SSSR count). The first-order valence-electron chi connectivity index (χ1n) is 10.2. The smallest absolute Gasteiger partial charge is 0.166 e. The van der Waals surface area contributed by atoms with Gasteiger partial charge in [0.2, 0.25) is 0 Å². The Morgan fingerprint density at radius 2 is 2.06 bits per heavy atom. The molecule has 3 aromatic heterocycles. The lowest BCUT2D eigenvalue weighted by atomic mass is 9.96. The zero-order valence-corrected chi connectivity index (χ0v) is 17.8. The molecule has 160 valence electrons. The molecule has 3 heterocycles. The van der Waals surface area contributed by atoms with Gasteiger partial charge in [-0.25, -0.2) is 9.37 Å². The maximum atomic E-state index is 14.2. The van der Waals surface area contributed by atoms with Crippen LogP contribution in [0.1, 0.15) is 36.6 Å². The van der Waals surface area contributed by atoms with Crippen LogP contribution in [0.15, 0.2) is 55.1 Å². The second-order valence-corrected chi connectivity index (χ2v) is 7.44. The zero-order valence-electron chi connectivity index (χ0n) is 17.8. The van der Waals surface area contributed by atoms with Gasteiger partial charge in [0.1, 0.15) is 11.9 Å². The SMILES string of the molecule is CCn1cc(Cc2cn(C)nc2-c2ccc(F)cc2[C@@H](C)Oc2cccnc2N)cn1. The third-order valence-corrected chi connectivity index (χ3v) is 5.12. The Balaban J connectivity index is 1.71. The van der Waals surface area contributed by atoms with Gasteiger partial charge in [0.15, 0.2) is 11.6 Å². The molecule has 1 atom stereocenters. The van der Waals surface area contributed by atoms with E-state index in [9.17, 15) is 4.39 Å². The molecule has 0 bridgehead atoms. The fourth-order valence-corrected chi connectivity index (χ4v) is 3.63. The topological polar surface area (TPSA) is 83.8 Å². The number of aromatic nitrogens is 5. The van der Waals surface area contributed by atoms with E-state index in [0.717, 1.165) is 28.9 Å². The van der Waals surface area contributed by atoms with Crippen LogP contribution < -0.4 is 10.5 Å². The molecule has 8 heteroatoms. The number of pyridine rings is 1. The van der Waals surface area contributed by atoms with Gasteiger partial charge in [0, 0.05) is 55.3 Å². The van der Waals surface area contributed by atoms with Crippen LogP contribution in [-0.4, -0.2) is 24.5 Å². The molecule has 0 spiro atoms. The van der Waals surface area contributed by atoms with E-state index in [2.05, 4.69) is 15.2 Å². The Morgan fingerprint density at radius 1 is 1.23 bits per heavy atom. The summed E-state index contributed by atoms with van der Waals surface area (Å²) < 4.78 is 23.9. The van der Waals surface area contributed by atoms with Gasteiger partial charge < -0.3 is 10.5 Å². The summed E-state index contributed by atoms with van der Waals surface area (Å²) >= 11 is 0. The number of aryl methyl sites for hydroxylation is 2. The molecule has 0 radical (unpaired) electrons. The first kappa shape index (κ1) is 20.6. The molecular weight excluding hydrogens is 395 g/mol. The van der Waals surface area contributed by atoms with E-state index in [1.165, 1.54) is 12.1 Å². The predicted molar refractivity (Wildman–Crippen MR) is 117 cm³/mol. The monoisotopic (exact) mass is 420 g/mol.